The van der Waals surface area contributed by atoms with Gasteiger partial charge < -0.3 is 28.6 Å². The molecule has 0 spiro atoms. The molecule has 184 valence electrons. The quantitative estimate of drug-likeness (QED) is 0.182. The van der Waals surface area contributed by atoms with Gasteiger partial charge in [0.05, 0.1) is 25.4 Å². The van der Waals surface area contributed by atoms with E-state index in [1.807, 2.05) is 12.1 Å². The number of hydrogen-bond acceptors (Lipinski definition) is 7. The highest BCUT2D eigenvalue weighted by Gasteiger charge is 2.62. The van der Waals surface area contributed by atoms with Gasteiger partial charge in [-0.2, -0.15) is 0 Å². The van der Waals surface area contributed by atoms with Gasteiger partial charge in [-0.15, -0.1) is 6.58 Å². The highest BCUT2D eigenvalue weighted by molar-refractivity contribution is 5.93. The van der Waals surface area contributed by atoms with Crippen LogP contribution in [0.15, 0.2) is 31.0 Å². The first-order valence-electron chi connectivity index (χ1n) is 11.8. The van der Waals surface area contributed by atoms with E-state index in [0.717, 1.165) is 36.6 Å². The van der Waals surface area contributed by atoms with Crippen LogP contribution in [0, 0.1) is 5.92 Å². The average molecular weight is 463 g/mol. The summed E-state index contributed by atoms with van der Waals surface area (Å²) in [5, 5.41) is 0. The van der Waals surface area contributed by atoms with Gasteiger partial charge in [0.25, 0.3) is 5.91 Å². The first kappa shape index (κ1) is 25.6. The van der Waals surface area contributed by atoms with Gasteiger partial charge >= 0.3 is 0 Å². The molecule has 1 saturated heterocycles. The highest BCUT2D eigenvalue weighted by Crippen LogP contribution is 2.38. The van der Waals surface area contributed by atoms with E-state index in [9.17, 15) is 4.79 Å². The Morgan fingerprint density at radius 2 is 2.03 bits per heavy atom. The molecule has 0 aromatic carbocycles. The number of β-lactam (4-membered cyclic amide) rings is 1. The van der Waals surface area contributed by atoms with Gasteiger partial charge in [0.15, 0.2) is 5.60 Å². The number of ether oxygens (including phenoxy) is 5. The molecule has 1 aromatic rings. The predicted molar refractivity (Wildman–Crippen MR) is 124 cm³/mol. The molecule has 8 heteroatoms. The van der Waals surface area contributed by atoms with E-state index < -0.39 is 5.60 Å². The molecule has 0 N–H and O–H groups in total. The average Bonchev–Trinajstić information content (AvgIpc) is 2.82. The number of rotatable bonds is 14. The Kier molecular flexibility index (Phi) is 9.67. The maximum Gasteiger partial charge on any atom is 0.259 e. The van der Waals surface area contributed by atoms with Crippen LogP contribution in [-0.4, -0.2) is 74.5 Å². The molecule has 1 aliphatic heterocycles. The molecule has 1 aliphatic carbocycles. The molecular weight excluding hydrogens is 424 g/mol. The van der Waals surface area contributed by atoms with Crippen molar-refractivity contribution in [3.63, 3.8) is 0 Å². The molecule has 0 bridgehead atoms. The minimum atomic E-state index is -1.13. The monoisotopic (exact) mass is 462 g/mol. The fourth-order valence-electron chi connectivity index (χ4n) is 4.59. The summed E-state index contributed by atoms with van der Waals surface area (Å²) in [7, 11) is 3.10. The minimum absolute atomic E-state index is 0.00777. The number of aromatic nitrogens is 1. The zero-order valence-electron chi connectivity index (χ0n) is 20.2. The molecule has 2 atom stereocenters. The second kappa shape index (κ2) is 12.5. The van der Waals surface area contributed by atoms with Crippen molar-refractivity contribution in [3.05, 3.63) is 36.7 Å². The van der Waals surface area contributed by atoms with Crippen molar-refractivity contribution in [2.24, 2.45) is 5.92 Å². The van der Waals surface area contributed by atoms with Crippen LogP contribution in [0.5, 0.6) is 5.75 Å². The van der Waals surface area contributed by atoms with Crippen molar-refractivity contribution in [1.82, 2.24) is 9.88 Å². The van der Waals surface area contributed by atoms with E-state index in [0.29, 0.717) is 19.6 Å². The molecular formula is C25H38N2O6. The SMILES string of the molecule is C=CCCOC[C@@H]1N(COC)C(=O)[C@@]1(Cc1cc(OC2CCC(C)CC2)ccn1)OCOC. The molecule has 2 fully saturated rings. The molecule has 1 amide bonds. The Bertz CT molecular complexity index is 767. The summed E-state index contributed by atoms with van der Waals surface area (Å²) in [6.07, 6.45) is 9.29. The van der Waals surface area contributed by atoms with Gasteiger partial charge in [0.1, 0.15) is 19.3 Å². The summed E-state index contributed by atoms with van der Waals surface area (Å²) in [4.78, 5) is 19.4. The zero-order valence-corrected chi connectivity index (χ0v) is 20.2. The van der Waals surface area contributed by atoms with E-state index in [-0.39, 0.29) is 31.6 Å². The van der Waals surface area contributed by atoms with E-state index >= 15 is 0 Å². The second-order valence-electron chi connectivity index (χ2n) is 8.96. The summed E-state index contributed by atoms with van der Waals surface area (Å²) in [5.74, 6) is 1.38. The number of hydrogen-bond donors (Lipinski definition) is 0. The second-order valence-corrected chi connectivity index (χ2v) is 8.96. The van der Waals surface area contributed by atoms with Crippen LogP contribution in [0.2, 0.25) is 0 Å². The van der Waals surface area contributed by atoms with Crippen LogP contribution in [0.25, 0.3) is 0 Å². The lowest BCUT2D eigenvalue weighted by molar-refractivity contribution is -0.239. The summed E-state index contributed by atoms with van der Waals surface area (Å²) < 4.78 is 28.5. The molecule has 0 unspecified atom stereocenters. The van der Waals surface area contributed by atoms with Crippen LogP contribution in [0.3, 0.4) is 0 Å². The third-order valence-corrected chi connectivity index (χ3v) is 6.48. The minimum Gasteiger partial charge on any atom is -0.490 e. The molecule has 1 aromatic heterocycles. The first-order chi connectivity index (χ1) is 16.0. The smallest absolute Gasteiger partial charge is 0.259 e. The Hall–Kier alpha value is -2.00. The van der Waals surface area contributed by atoms with Crippen LogP contribution in [0.4, 0.5) is 0 Å². The van der Waals surface area contributed by atoms with Gasteiger partial charge in [0, 0.05) is 38.6 Å². The first-order valence-corrected chi connectivity index (χ1v) is 11.8. The van der Waals surface area contributed by atoms with Crippen LogP contribution >= 0.6 is 0 Å². The van der Waals surface area contributed by atoms with E-state index in [2.05, 4.69) is 18.5 Å². The third kappa shape index (κ3) is 6.32. The highest BCUT2D eigenvalue weighted by atomic mass is 16.7. The van der Waals surface area contributed by atoms with Crippen molar-refractivity contribution < 1.29 is 28.5 Å². The molecule has 8 nitrogen and oxygen atoms in total. The van der Waals surface area contributed by atoms with Crippen molar-refractivity contribution in [2.45, 2.75) is 63.2 Å². The lowest BCUT2D eigenvalue weighted by Gasteiger charge is -2.54. The number of carbonyl (C=O) groups is 1. The van der Waals surface area contributed by atoms with Gasteiger partial charge in [-0.3, -0.25) is 9.78 Å². The number of pyridine rings is 1. The fourth-order valence-corrected chi connectivity index (χ4v) is 4.59. The van der Waals surface area contributed by atoms with Gasteiger partial charge in [0.2, 0.25) is 0 Å². The topological polar surface area (TPSA) is 79.4 Å². The van der Waals surface area contributed by atoms with Gasteiger partial charge in [-0.05, 0) is 44.1 Å². The number of amides is 1. The predicted octanol–water partition coefficient (Wildman–Crippen LogP) is 3.35. The molecule has 3 rings (SSSR count). The summed E-state index contributed by atoms with van der Waals surface area (Å²) in [5.41, 5.74) is -0.400. The summed E-state index contributed by atoms with van der Waals surface area (Å²) in [6, 6.07) is 3.47. The largest absolute Gasteiger partial charge is 0.490 e. The Labute approximate surface area is 197 Å². The van der Waals surface area contributed by atoms with Gasteiger partial charge in [-0.1, -0.05) is 13.0 Å². The third-order valence-electron chi connectivity index (χ3n) is 6.48. The summed E-state index contributed by atoms with van der Waals surface area (Å²) in [6.45, 7) is 7.02. The Morgan fingerprint density at radius 1 is 1.24 bits per heavy atom. The maximum absolute atomic E-state index is 13.3. The van der Waals surface area contributed by atoms with Gasteiger partial charge in [-0.25, -0.2) is 0 Å². The van der Waals surface area contributed by atoms with Crippen LogP contribution in [0.1, 0.15) is 44.7 Å². The summed E-state index contributed by atoms with van der Waals surface area (Å²) >= 11 is 0. The standard InChI is InChI=1S/C25H38N2O6/c1-5-6-13-31-16-23-25(32-18-30-4,24(28)27(23)17-29-3)15-20-14-22(11-12-26-20)33-21-9-7-19(2)8-10-21/h5,11-12,14,19,21,23H,1,6-10,13,15-18H2,2-4H3/t19?,21?,23-,25-/m0/s1. The zero-order chi connectivity index (χ0) is 23.7. The molecule has 2 heterocycles. The van der Waals surface area contributed by atoms with Crippen molar-refractivity contribution >= 4 is 5.91 Å². The molecule has 1 saturated carbocycles. The molecule has 33 heavy (non-hydrogen) atoms. The number of methoxy groups -OCH3 is 2. The number of nitrogens with zero attached hydrogens (tertiary/aromatic N) is 2. The van der Waals surface area contributed by atoms with Crippen LogP contribution in [-0.2, 0) is 30.2 Å². The fraction of sp³-hybridized carbons (Fsp3) is 0.680. The number of carbonyl (C=O) groups excluding carboxylic acids is 1. The van der Waals surface area contributed by atoms with E-state index in [1.165, 1.54) is 20.0 Å². The van der Waals surface area contributed by atoms with E-state index in [1.54, 1.807) is 24.3 Å². The maximum atomic E-state index is 13.3. The lowest BCUT2D eigenvalue weighted by Crippen LogP contribution is -2.77. The van der Waals surface area contributed by atoms with Crippen molar-refractivity contribution in [1.29, 1.82) is 0 Å². The van der Waals surface area contributed by atoms with Crippen molar-refractivity contribution in [2.75, 3.05) is 41.0 Å². The number of likely N-dealkylation sites (tertiary alicyclic amines) is 1. The van der Waals surface area contributed by atoms with Crippen LogP contribution < -0.4 is 4.74 Å². The Balaban J connectivity index is 1.75. The molecule has 2 aliphatic rings. The van der Waals surface area contributed by atoms with Crippen molar-refractivity contribution in [3.8, 4) is 5.75 Å². The lowest BCUT2D eigenvalue weighted by atomic mass is 9.78. The van der Waals surface area contributed by atoms with E-state index in [4.69, 9.17) is 23.7 Å². The normalized spacial score (nSPS) is 27.3. The Morgan fingerprint density at radius 3 is 2.73 bits per heavy atom. The molecule has 0 radical (unpaired) electrons.